The molecule has 0 radical (unpaired) electrons. The average molecular weight is 224 g/mol. The predicted octanol–water partition coefficient (Wildman–Crippen LogP) is 2.50. The third kappa shape index (κ3) is 2.98. The second-order valence-corrected chi connectivity index (χ2v) is 5.91. The van der Waals surface area contributed by atoms with Gasteiger partial charge in [0.2, 0.25) is 0 Å². The highest BCUT2D eigenvalue weighted by Crippen LogP contribution is 2.33. The van der Waals surface area contributed by atoms with E-state index in [0.29, 0.717) is 0 Å². The second-order valence-electron chi connectivity index (χ2n) is 5.91. The topological polar surface area (TPSA) is 15.3 Å². The molecule has 2 rings (SSSR count). The van der Waals surface area contributed by atoms with Gasteiger partial charge in [-0.3, -0.25) is 0 Å². The first kappa shape index (κ1) is 12.4. The maximum absolute atomic E-state index is 3.33. The van der Waals surface area contributed by atoms with E-state index in [1.807, 2.05) is 0 Å². The molecule has 1 N–H and O–H groups in total. The smallest absolute Gasteiger partial charge is 0.0133 e. The van der Waals surface area contributed by atoms with Crippen molar-refractivity contribution in [3.63, 3.8) is 0 Å². The number of hydrogen-bond donors (Lipinski definition) is 1. The Bertz CT molecular complexity index is 199. The van der Waals surface area contributed by atoms with Crippen molar-refractivity contribution in [2.24, 2.45) is 11.8 Å². The zero-order valence-corrected chi connectivity index (χ0v) is 11.0. The Labute approximate surface area is 101 Å². The van der Waals surface area contributed by atoms with Crippen LogP contribution in [0.2, 0.25) is 0 Å². The van der Waals surface area contributed by atoms with E-state index in [2.05, 4.69) is 24.3 Å². The summed E-state index contributed by atoms with van der Waals surface area (Å²) in [5.74, 6) is 1.91. The summed E-state index contributed by atoms with van der Waals surface area (Å²) in [4.78, 5) is 2.65. The molecule has 0 saturated heterocycles. The van der Waals surface area contributed by atoms with Crippen LogP contribution in [-0.2, 0) is 0 Å². The van der Waals surface area contributed by atoms with Gasteiger partial charge in [-0.2, -0.15) is 0 Å². The van der Waals surface area contributed by atoms with Crippen molar-refractivity contribution in [3.05, 3.63) is 0 Å². The van der Waals surface area contributed by atoms with Crippen molar-refractivity contribution in [2.45, 2.75) is 51.0 Å². The van der Waals surface area contributed by atoms with E-state index in [-0.39, 0.29) is 0 Å². The molecule has 0 spiro atoms. The Morgan fingerprint density at radius 1 is 1.06 bits per heavy atom. The van der Waals surface area contributed by atoms with Gasteiger partial charge in [-0.05, 0) is 58.2 Å². The monoisotopic (exact) mass is 224 g/mol. The lowest BCUT2D eigenvalue weighted by molar-refractivity contribution is 0.0662. The first-order valence-corrected chi connectivity index (χ1v) is 7.16. The Morgan fingerprint density at radius 3 is 2.38 bits per heavy atom. The highest BCUT2D eigenvalue weighted by molar-refractivity contribution is 4.89. The molecule has 2 nitrogen and oxygen atoms in total. The van der Waals surface area contributed by atoms with Crippen molar-refractivity contribution < 1.29 is 0 Å². The van der Waals surface area contributed by atoms with Gasteiger partial charge in [0.05, 0.1) is 0 Å². The van der Waals surface area contributed by atoms with E-state index >= 15 is 0 Å². The van der Waals surface area contributed by atoms with Gasteiger partial charge in [-0.1, -0.05) is 19.3 Å². The molecule has 2 fully saturated rings. The predicted molar refractivity (Wildman–Crippen MR) is 69.6 cm³/mol. The molecule has 0 bridgehead atoms. The van der Waals surface area contributed by atoms with Crippen molar-refractivity contribution in [2.75, 3.05) is 27.2 Å². The standard InChI is InChI=1S/C14H28N2/c1-15-10-13-8-9-14(13)16(2)11-12-6-4-3-5-7-12/h12-15H,3-11H2,1-2H3. The van der Waals surface area contributed by atoms with Crippen molar-refractivity contribution >= 4 is 0 Å². The van der Waals surface area contributed by atoms with Crippen LogP contribution in [0.5, 0.6) is 0 Å². The molecule has 0 amide bonds. The van der Waals surface area contributed by atoms with E-state index in [0.717, 1.165) is 17.9 Å². The molecular weight excluding hydrogens is 196 g/mol. The van der Waals surface area contributed by atoms with E-state index < -0.39 is 0 Å². The van der Waals surface area contributed by atoms with E-state index in [9.17, 15) is 0 Å². The summed E-state index contributed by atoms with van der Waals surface area (Å²) in [7, 11) is 4.43. The van der Waals surface area contributed by atoms with Crippen LogP contribution >= 0.6 is 0 Å². The molecule has 16 heavy (non-hydrogen) atoms. The fraction of sp³-hybridized carbons (Fsp3) is 1.00. The average Bonchev–Trinajstić information content (AvgIpc) is 2.25. The van der Waals surface area contributed by atoms with E-state index in [4.69, 9.17) is 0 Å². The molecule has 94 valence electrons. The summed E-state index contributed by atoms with van der Waals surface area (Å²) in [6.07, 6.45) is 10.2. The minimum Gasteiger partial charge on any atom is -0.319 e. The SMILES string of the molecule is CNCC1CCC1N(C)CC1CCCCC1. The minimum absolute atomic E-state index is 0.870. The van der Waals surface area contributed by atoms with Crippen LogP contribution < -0.4 is 5.32 Å². The number of nitrogens with zero attached hydrogens (tertiary/aromatic N) is 1. The molecule has 2 aliphatic carbocycles. The number of hydrogen-bond acceptors (Lipinski definition) is 2. The van der Waals surface area contributed by atoms with Gasteiger partial charge in [0.15, 0.2) is 0 Å². The molecule has 2 saturated carbocycles. The van der Waals surface area contributed by atoms with Crippen molar-refractivity contribution in [1.29, 1.82) is 0 Å². The Hall–Kier alpha value is -0.0800. The van der Waals surface area contributed by atoms with Gasteiger partial charge in [-0.25, -0.2) is 0 Å². The Morgan fingerprint density at radius 2 is 1.81 bits per heavy atom. The Kier molecular flexibility index (Phi) is 4.66. The van der Waals surface area contributed by atoms with Crippen LogP contribution in [0.1, 0.15) is 44.9 Å². The molecule has 0 aliphatic heterocycles. The normalized spacial score (nSPS) is 31.7. The largest absolute Gasteiger partial charge is 0.319 e. The maximum atomic E-state index is 3.33. The summed E-state index contributed by atoms with van der Waals surface area (Å²) in [6, 6.07) is 0.870. The zero-order chi connectivity index (χ0) is 11.4. The van der Waals surface area contributed by atoms with Gasteiger partial charge >= 0.3 is 0 Å². The minimum atomic E-state index is 0.870. The van der Waals surface area contributed by atoms with Gasteiger partial charge in [-0.15, -0.1) is 0 Å². The molecular formula is C14H28N2. The lowest BCUT2D eigenvalue weighted by Gasteiger charge is -2.44. The second kappa shape index (κ2) is 6.02. The molecule has 2 heteroatoms. The summed E-state index contributed by atoms with van der Waals surface area (Å²) in [6.45, 7) is 2.56. The van der Waals surface area contributed by atoms with Gasteiger partial charge in [0.25, 0.3) is 0 Å². The number of nitrogens with one attached hydrogen (secondary N) is 1. The third-order valence-corrected chi connectivity index (χ3v) is 4.68. The van der Waals surface area contributed by atoms with Gasteiger partial charge in [0, 0.05) is 12.6 Å². The lowest BCUT2D eigenvalue weighted by Crippen LogP contribution is -2.49. The first-order chi connectivity index (χ1) is 7.81. The summed E-state index contributed by atoms with van der Waals surface area (Å²) < 4.78 is 0. The Balaban J connectivity index is 1.72. The molecule has 2 atom stereocenters. The molecule has 0 aromatic carbocycles. The lowest BCUT2D eigenvalue weighted by atomic mass is 9.78. The van der Waals surface area contributed by atoms with Crippen LogP contribution in [0.3, 0.4) is 0 Å². The molecule has 0 heterocycles. The highest BCUT2D eigenvalue weighted by atomic mass is 15.1. The quantitative estimate of drug-likeness (QED) is 0.772. The highest BCUT2D eigenvalue weighted by Gasteiger charge is 2.33. The van der Waals surface area contributed by atoms with Crippen LogP contribution in [-0.4, -0.2) is 38.1 Å². The van der Waals surface area contributed by atoms with Crippen LogP contribution in [0.4, 0.5) is 0 Å². The van der Waals surface area contributed by atoms with Crippen LogP contribution in [0, 0.1) is 11.8 Å². The van der Waals surface area contributed by atoms with Crippen molar-refractivity contribution in [1.82, 2.24) is 10.2 Å². The fourth-order valence-corrected chi connectivity index (χ4v) is 3.54. The molecule has 0 aromatic heterocycles. The van der Waals surface area contributed by atoms with Gasteiger partial charge < -0.3 is 10.2 Å². The molecule has 0 aromatic rings. The summed E-state index contributed by atoms with van der Waals surface area (Å²) in [5, 5.41) is 3.33. The summed E-state index contributed by atoms with van der Waals surface area (Å²) in [5.41, 5.74) is 0. The van der Waals surface area contributed by atoms with Crippen molar-refractivity contribution in [3.8, 4) is 0 Å². The molecule has 2 unspecified atom stereocenters. The summed E-state index contributed by atoms with van der Waals surface area (Å²) >= 11 is 0. The first-order valence-electron chi connectivity index (χ1n) is 7.16. The zero-order valence-electron chi connectivity index (χ0n) is 11.0. The van der Waals surface area contributed by atoms with Crippen LogP contribution in [0.25, 0.3) is 0 Å². The van der Waals surface area contributed by atoms with E-state index in [1.165, 1.54) is 58.0 Å². The van der Waals surface area contributed by atoms with Crippen LogP contribution in [0.15, 0.2) is 0 Å². The maximum Gasteiger partial charge on any atom is 0.0133 e. The molecule has 2 aliphatic rings. The number of rotatable bonds is 5. The van der Waals surface area contributed by atoms with Gasteiger partial charge in [0.1, 0.15) is 0 Å². The van der Waals surface area contributed by atoms with E-state index in [1.54, 1.807) is 0 Å². The fourth-order valence-electron chi connectivity index (χ4n) is 3.54. The third-order valence-electron chi connectivity index (χ3n) is 4.68.